The van der Waals surface area contributed by atoms with Crippen molar-refractivity contribution >= 4 is 53.5 Å². The molecule has 5 heteroatoms. The van der Waals surface area contributed by atoms with Gasteiger partial charge in [-0.05, 0) is 50.1 Å². The van der Waals surface area contributed by atoms with Gasteiger partial charge in [0.25, 0.3) is 0 Å². The Morgan fingerprint density at radius 1 is 1.05 bits per heavy atom. The van der Waals surface area contributed by atoms with Crippen LogP contribution in [0.25, 0.3) is 0 Å². The maximum atomic E-state index is 5.34. The Hall–Kier alpha value is -0.520. The van der Waals surface area contributed by atoms with Crippen LogP contribution in [-0.4, -0.2) is 7.11 Å². The summed E-state index contributed by atoms with van der Waals surface area (Å²) >= 11 is 10.6. The third-order valence-corrected chi connectivity index (χ3v) is 4.36. The van der Waals surface area contributed by atoms with Gasteiger partial charge in [0, 0.05) is 25.5 Å². The quantitative estimate of drug-likeness (QED) is 0.656. The molecule has 2 aromatic carbocycles. The van der Waals surface area contributed by atoms with Crippen LogP contribution in [0, 0.1) is 0 Å². The lowest BCUT2D eigenvalue weighted by molar-refractivity contribution is 0.410. The first-order valence-corrected chi connectivity index (χ1v) is 8.00. The number of halogens is 3. The molecule has 0 heterocycles. The summed E-state index contributed by atoms with van der Waals surface area (Å²) in [6, 6.07) is 12.0. The molecule has 0 aliphatic heterocycles. The number of para-hydroxylation sites is 1. The summed E-state index contributed by atoms with van der Waals surface area (Å²) in [5.41, 5.74) is 2.14. The minimum atomic E-state index is 0.697. The van der Waals surface area contributed by atoms with Gasteiger partial charge < -0.3 is 10.1 Å². The molecule has 0 bridgehead atoms. The number of hydrogen-bond acceptors (Lipinski definition) is 2. The van der Waals surface area contributed by atoms with Gasteiger partial charge in [-0.25, -0.2) is 0 Å². The van der Waals surface area contributed by atoms with Crippen molar-refractivity contribution in [1.82, 2.24) is 0 Å². The normalized spacial score (nSPS) is 10.3. The van der Waals surface area contributed by atoms with Gasteiger partial charge in [-0.1, -0.05) is 34.1 Å². The molecule has 0 saturated carbocycles. The van der Waals surface area contributed by atoms with E-state index in [1.54, 1.807) is 7.11 Å². The number of benzene rings is 2. The summed E-state index contributed by atoms with van der Waals surface area (Å²) in [5, 5.41) is 3.40. The molecule has 0 aliphatic carbocycles. The van der Waals surface area contributed by atoms with Crippen molar-refractivity contribution in [3.05, 3.63) is 55.4 Å². The van der Waals surface area contributed by atoms with E-state index in [1.807, 2.05) is 36.4 Å². The van der Waals surface area contributed by atoms with Gasteiger partial charge in [-0.3, -0.25) is 0 Å². The highest BCUT2D eigenvalue weighted by molar-refractivity contribution is 9.11. The number of anilines is 1. The summed E-state index contributed by atoms with van der Waals surface area (Å²) in [6.45, 7) is 0.697. The molecule has 0 radical (unpaired) electrons. The molecule has 0 unspecified atom stereocenters. The van der Waals surface area contributed by atoms with Crippen molar-refractivity contribution in [3.63, 3.8) is 0 Å². The van der Waals surface area contributed by atoms with Gasteiger partial charge in [-0.15, -0.1) is 0 Å². The molecule has 100 valence electrons. The van der Waals surface area contributed by atoms with Crippen LogP contribution in [0.15, 0.2) is 49.8 Å². The molecule has 2 rings (SSSR count). The van der Waals surface area contributed by atoms with E-state index in [-0.39, 0.29) is 0 Å². The van der Waals surface area contributed by atoms with Gasteiger partial charge in [0.05, 0.1) is 12.8 Å². The summed E-state index contributed by atoms with van der Waals surface area (Å²) < 4.78 is 8.37. The SMILES string of the molecule is COc1ccccc1CNc1c(Br)cc(Br)cc1Br. The average Bonchev–Trinajstić information content (AvgIpc) is 2.38. The number of ether oxygens (including phenoxy) is 1. The zero-order valence-corrected chi connectivity index (χ0v) is 15.0. The Bertz CT molecular complexity index is 564. The van der Waals surface area contributed by atoms with Gasteiger partial charge >= 0.3 is 0 Å². The second-order valence-corrected chi connectivity index (χ2v) is 6.53. The van der Waals surface area contributed by atoms with Gasteiger partial charge in [0.1, 0.15) is 5.75 Å². The molecule has 1 N–H and O–H groups in total. The summed E-state index contributed by atoms with van der Waals surface area (Å²) in [5.74, 6) is 0.888. The van der Waals surface area contributed by atoms with Crippen LogP contribution in [0.3, 0.4) is 0 Å². The standard InChI is InChI=1S/C14H12Br3NO/c1-19-13-5-3-2-4-9(13)8-18-14-11(16)6-10(15)7-12(14)17/h2-7,18H,8H2,1H3. The van der Waals surface area contributed by atoms with E-state index in [0.29, 0.717) is 6.54 Å². The molecular weight excluding hydrogens is 438 g/mol. The predicted octanol–water partition coefficient (Wildman–Crippen LogP) is 5.59. The Morgan fingerprint density at radius 2 is 1.68 bits per heavy atom. The minimum absolute atomic E-state index is 0.697. The van der Waals surface area contributed by atoms with E-state index >= 15 is 0 Å². The van der Waals surface area contributed by atoms with Crippen molar-refractivity contribution < 1.29 is 4.74 Å². The predicted molar refractivity (Wildman–Crippen MR) is 89.9 cm³/mol. The summed E-state index contributed by atoms with van der Waals surface area (Å²) in [6.07, 6.45) is 0. The summed E-state index contributed by atoms with van der Waals surface area (Å²) in [4.78, 5) is 0. The molecular formula is C14H12Br3NO. The topological polar surface area (TPSA) is 21.3 Å². The van der Waals surface area contributed by atoms with E-state index in [9.17, 15) is 0 Å². The Morgan fingerprint density at radius 3 is 2.32 bits per heavy atom. The molecule has 2 nitrogen and oxygen atoms in total. The molecule has 0 amide bonds. The molecule has 0 saturated heterocycles. The second-order valence-electron chi connectivity index (χ2n) is 3.91. The van der Waals surface area contributed by atoms with Crippen LogP contribution >= 0.6 is 47.8 Å². The number of methoxy groups -OCH3 is 1. The summed E-state index contributed by atoms with van der Waals surface area (Å²) in [7, 11) is 1.68. The smallest absolute Gasteiger partial charge is 0.123 e. The number of nitrogens with one attached hydrogen (secondary N) is 1. The first-order valence-electron chi connectivity index (χ1n) is 5.62. The lowest BCUT2D eigenvalue weighted by Crippen LogP contribution is -2.02. The van der Waals surface area contributed by atoms with E-state index in [0.717, 1.165) is 30.4 Å². The average molecular weight is 450 g/mol. The van der Waals surface area contributed by atoms with Crippen molar-refractivity contribution in [2.75, 3.05) is 12.4 Å². The Kier molecular flexibility index (Phi) is 5.30. The van der Waals surface area contributed by atoms with Gasteiger partial charge in [0.2, 0.25) is 0 Å². The number of rotatable bonds is 4. The molecule has 2 aromatic rings. The van der Waals surface area contributed by atoms with Crippen molar-refractivity contribution in [1.29, 1.82) is 0 Å². The highest BCUT2D eigenvalue weighted by Gasteiger charge is 2.08. The lowest BCUT2D eigenvalue weighted by Gasteiger charge is -2.13. The molecule has 0 aromatic heterocycles. The molecule has 0 fully saturated rings. The first-order chi connectivity index (χ1) is 9.11. The van der Waals surface area contributed by atoms with Crippen LogP contribution in [0.2, 0.25) is 0 Å². The Balaban J connectivity index is 2.19. The van der Waals surface area contributed by atoms with E-state index in [4.69, 9.17) is 4.74 Å². The highest BCUT2D eigenvalue weighted by atomic mass is 79.9. The fraction of sp³-hybridized carbons (Fsp3) is 0.143. The van der Waals surface area contributed by atoms with Crippen LogP contribution in [0.1, 0.15) is 5.56 Å². The van der Waals surface area contributed by atoms with Crippen molar-refractivity contribution in [2.24, 2.45) is 0 Å². The van der Waals surface area contributed by atoms with Crippen LogP contribution in [-0.2, 0) is 6.54 Å². The zero-order valence-electron chi connectivity index (χ0n) is 10.2. The molecule has 0 aliphatic rings. The number of hydrogen-bond donors (Lipinski definition) is 1. The monoisotopic (exact) mass is 447 g/mol. The fourth-order valence-corrected chi connectivity index (χ4v) is 4.28. The molecule has 0 spiro atoms. The third kappa shape index (κ3) is 3.74. The lowest BCUT2D eigenvalue weighted by atomic mass is 10.2. The largest absolute Gasteiger partial charge is 0.496 e. The van der Waals surface area contributed by atoms with Crippen LogP contribution < -0.4 is 10.1 Å². The van der Waals surface area contributed by atoms with E-state index in [1.165, 1.54) is 0 Å². The molecule has 19 heavy (non-hydrogen) atoms. The van der Waals surface area contributed by atoms with Crippen LogP contribution in [0.4, 0.5) is 5.69 Å². The van der Waals surface area contributed by atoms with Gasteiger partial charge in [0.15, 0.2) is 0 Å². The zero-order chi connectivity index (χ0) is 13.8. The van der Waals surface area contributed by atoms with Crippen molar-refractivity contribution in [3.8, 4) is 5.75 Å². The first kappa shape index (κ1) is 14.9. The van der Waals surface area contributed by atoms with E-state index < -0.39 is 0 Å². The third-order valence-electron chi connectivity index (χ3n) is 2.66. The highest BCUT2D eigenvalue weighted by Crippen LogP contribution is 2.35. The molecule has 0 atom stereocenters. The van der Waals surface area contributed by atoms with Crippen molar-refractivity contribution in [2.45, 2.75) is 6.54 Å². The Labute approximate surface area is 137 Å². The van der Waals surface area contributed by atoms with Gasteiger partial charge in [-0.2, -0.15) is 0 Å². The second kappa shape index (κ2) is 6.77. The van der Waals surface area contributed by atoms with E-state index in [2.05, 4.69) is 53.1 Å². The van der Waals surface area contributed by atoms with Crippen LogP contribution in [0.5, 0.6) is 5.75 Å². The minimum Gasteiger partial charge on any atom is -0.496 e. The fourth-order valence-electron chi connectivity index (χ4n) is 1.74. The maximum absolute atomic E-state index is 5.34. The maximum Gasteiger partial charge on any atom is 0.123 e.